The van der Waals surface area contributed by atoms with Crippen LogP contribution in [0.3, 0.4) is 0 Å². The highest BCUT2D eigenvalue weighted by Crippen LogP contribution is 2.25. The van der Waals surface area contributed by atoms with Gasteiger partial charge in [0.15, 0.2) is 6.79 Å². The molecule has 0 aliphatic heterocycles. The van der Waals surface area contributed by atoms with Crippen molar-refractivity contribution in [1.29, 1.82) is 0 Å². The Morgan fingerprint density at radius 3 is 1.10 bits per heavy atom. The maximum atomic E-state index is 12.3. The summed E-state index contributed by atoms with van der Waals surface area (Å²) < 4.78 is 58.6. The highest BCUT2D eigenvalue weighted by Gasteiger charge is 2.22. The normalized spacial score (nSPS) is 13.4. The summed E-state index contributed by atoms with van der Waals surface area (Å²) in [5.41, 5.74) is 1.69. The number of benzene rings is 2. The Hall–Kier alpha value is -1.74. The van der Waals surface area contributed by atoms with Crippen LogP contribution in [0.15, 0.2) is 58.3 Å². The van der Waals surface area contributed by atoms with E-state index in [1.54, 1.807) is 24.3 Å². The van der Waals surface area contributed by atoms with Crippen LogP contribution in [0.2, 0.25) is 0 Å². The first-order valence-corrected chi connectivity index (χ1v) is 11.9. The second kappa shape index (κ2) is 8.18. The van der Waals surface area contributed by atoms with Crippen molar-refractivity contribution in [2.75, 3.05) is 6.79 Å². The van der Waals surface area contributed by atoms with Gasteiger partial charge in [0.2, 0.25) is 0 Å². The van der Waals surface area contributed by atoms with Gasteiger partial charge in [-0.2, -0.15) is 16.8 Å². The van der Waals surface area contributed by atoms with Crippen molar-refractivity contribution < 1.29 is 25.2 Å². The van der Waals surface area contributed by atoms with Crippen LogP contribution < -0.4 is 0 Å². The minimum Gasteiger partial charge on any atom is -0.236 e. The third-order valence-corrected chi connectivity index (χ3v) is 6.94. The molecule has 0 heterocycles. The van der Waals surface area contributed by atoms with Crippen molar-refractivity contribution in [2.45, 2.75) is 62.2 Å². The molecule has 0 unspecified atom stereocenters. The van der Waals surface area contributed by atoms with Crippen LogP contribution in [0.5, 0.6) is 0 Å². The van der Waals surface area contributed by atoms with Crippen LogP contribution in [0.4, 0.5) is 0 Å². The molecule has 29 heavy (non-hydrogen) atoms. The molecule has 0 radical (unpaired) electrons. The van der Waals surface area contributed by atoms with Crippen molar-refractivity contribution >= 4 is 20.2 Å². The molecule has 2 aromatic rings. The Bertz CT molecular complexity index is 951. The molecule has 0 fully saturated rings. The zero-order chi connectivity index (χ0) is 22.1. The lowest BCUT2D eigenvalue weighted by Gasteiger charge is -2.19. The van der Waals surface area contributed by atoms with Gasteiger partial charge in [-0.15, -0.1) is 0 Å². The predicted octanol–water partition coefficient (Wildman–Crippen LogP) is 4.35. The van der Waals surface area contributed by atoms with Gasteiger partial charge in [0.05, 0.1) is 9.79 Å². The van der Waals surface area contributed by atoms with Gasteiger partial charge in [-0.05, 0) is 46.2 Å². The standard InChI is InChI=1S/C21H28O6S2/c1-20(2,3)16-7-11-18(12-8-16)28(22,23)26-15-27-29(24,25)19-13-9-17(10-14-19)21(4,5)6/h7-14H,15H2,1-6H3. The zero-order valence-corrected chi connectivity index (χ0v) is 19.2. The summed E-state index contributed by atoms with van der Waals surface area (Å²) in [5.74, 6) is 0. The lowest BCUT2D eigenvalue weighted by atomic mass is 9.87. The summed E-state index contributed by atoms with van der Waals surface area (Å²) in [6.07, 6.45) is 0. The lowest BCUT2D eigenvalue weighted by molar-refractivity contribution is 0.132. The van der Waals surface area contributed by atoms with Gasteiger partial charge in [0.1, 0.15) is 0 Å². The minimum atomic E-state index is -4.14. The third-order valence-electron chi connectivity index (χ3n) is 4.42. The van der Waals surface area contributed by atoms with Gasteiger partial charge < -0.3 is 0 Å². The van der Waals surface area contributed by atoms with Gasteiger partial charge in [-0.3, -0.25) is 0 Å². The maximum Gasteiger partial charge on any atom is 0.299 e. The first-order valence-electron chi connectivity index (χ1n) is 9.13. The van der Waals surface area contributed by atoms with Crippen LogP contribution in [-0.2, 0) is 39.4 Å². The zero-order valence-electron chi connectivity index (χ0n) is 17.6. The van der Waals surface area contributed by atoms with Crippen molar-refractivity contribution in [1.82, 2.24) is 0 Å². The molecule has 2 rings (SSSR count). The molecule has 0 saturated heterocycles. The fraction of sp³-hybridized carbons (Fsp3) is 0.429. The van der Waals surface area contributed by atoms with Crippen molar-refractivity contribution in [3.05, 3.63) is 59.7 Å². The Balaban J connectivity index is 2.05. The monoisotopic (exact) mass is 440 g/mol. The summed E-state index contributed by atoms with van der Waals surface area (Å²) in [7, 11) is -8.29. The summed E-state index contributed by atoms with van der Waals surface area (Å²) in [5, 5.41) is 0. The molecule has 2 aromatic carbocycles. The molecule has 0 bridgehead atoms. The van der Waals surface area contributed by atoms with E-state index in [0.717, 1.165) is 11.1 Å². The largest absolute Gasteiger partial charge is 0.299 e. The molecule has 0 spiro atoms. The number of rotatable bonds is 6. The summed E-state index contributed by atoms with van der Waals surface area (Å²) in [6, 6.07) is 12.5. The highest BCUT2D eigenvalue weighted by atomic mass is 32.2. The van der Waals surface area contributed by atoms with Crippen molar-refractivity contribution in [3.8, 4) is 0 Å². The number of hydrogen-bond donors (Lipinski definition) is 0. The second-order valence-electron chi connectivity index (χ2n) is 8.81. The van der Waals surface area contributed by atoms with Crippen LogP contribution in [0.25, 0.3) is 0 Å². The van der Waals surface area contributed by atoms with Crippen LogP contribution in [0.1, 0.15) is 52.7 Å². The van der Waals surface area contributed by atoms with E-state index in [-0.39, 0.29) is 20.6 Å². The summed E-state index contributed by atoms with van der Waals surface area (Å²) in [6.45, 7) is 11.1. The molecule has 0 atom stereocenters. The van der Waals surface area contributed by atoms with E-state index in [1.165, 1.54) is 24.3 Å². The first kappa shape index (κ1) is 23.5. The first-order chi connectivity index (χ1) is 13.1. The van der Waals surface area contributed by atoms with Gasteiger partial charge in [0.25, 0.3) is 20.2 Å². The average molecular weight is 441 g/mol. The Morgan fingerprint density at radius 1 is 0.586 bits per heavy atom. The molecular weight excluding hydrogens is 412 g/mol. The highest BCUT2D eigenvalue weighted by molar-refractivity contribution is 7.87. The van der Waals surface area contributed by atoms with Gasteiger partial charge >= 0.3 is 0 Å². The Labute approximate surface area is 174 Å². The third kappa shape index (κ3) is 6.12. The average Bonchev–Trinajstić information content (AvgIpc) is 2.60. The summed E-state index contributed by atoms with van der Waals surface area (Å²) >= 11 is 0. The molecule has 0 aliphatic carbocycles. The van der Waals surface area contributed by atoms with Crippen molar-refractivity contribution in [3.63, 3.8) is 0 Å². The van der Waals surface area contributed by atoms with E-state index in [1.807, 2.05) is 41.5 Å². The SMILES string of the molecule is CC(C)(C)c1ccc(S(=O)(=O)OCOS(=O)(=O)c2ccc(C(C)(C)C)cc2)cc1. The topological polar surface area (TPSA) is 86.7 Å². The van der Waals surface area contributed by atoms with Gasteiger partial charge in [-0.1, -0.05) is 65.8 Å². The van der Waals surface area contributed by atoms with E-state index in [2.05, 4.69) is 0 Å². The van der Waals surface area contributed by atoms with Crippen LogP contribution in [0, 0.1) is 0 Å². The molecule has 0 N–H and O–H groups in total. The van der Waals surface area contributed by atoms with Gasteiger partial charge in [0, 0.05) is 0 Å². The van der Waals surface area contributed by atoms with E-state index >= 15 is 0 Å². The van der Waals surface area contributed by atoms with E-state index in [4.69, 9.17) is 8.37 Å². The molecule has 160 valence electrons. The summed E-state index contributed by atoms with van der Waals surface area (Å²) in [4.78, 5) is -0.137. The van der Waals surface area contributed by atoms with Crippen LogP contribution >= 0.6 is 0 Å². The van der Waals surface area contributed by atoms with E-state index in [9.17, 15) is 16.8 Å². The molecule has 0 aromatic heterocycles. The van der Waals surface area contributed by atoms with Gasteiger partial charge in [-0.25, -0.2) is 8.37 Å². The smallest absolute Gasteiger partial charge is 0.236 e. The fourth-order valence-corrected chi connectivity index (χ4v) is 4.15. The number of hydrogen-bond acceptors (Lipinski definition) is 6. The molecule has 6 nitrogen and oxygen atoms in total. The molecule has 0 aliphatic rings. The van der Waals surface area contributed by atoms with Crippen molar-refractivity contribution in [2.24, 2.45) is 0 Å². The Kier molecular flexibility index (Phi) is 6.64. The predicted molar refractivity (Wildman–Crippen MR) is 112 cm³/mol. The lowest BCUT2D eigenvalue weighted by Crippen LogP contribution is -2.15. The molecular formula is C21H28O6S2. The second-order valence-corrected chi connectivity index (χ2v) is 12.0. The molecule has 8 heteroatoms. The molecule has 0 saturated carbocycles. The maximum absolute atomic E-state index is 12.3. The molecule has 0 amide bonds. The quantitative estimate of drug-likeness (QED) is 0.490. The minimum absolute atomic E-state index is 0.0685. The van der Waals surface area contributed by atoms with E-state index < -0.39 is 27.0 Å². The fourth-order valence-electron chi connectivity index (χ4n) is 2.53. The van der Waals surface area contributed by atoms with E-state index in [0.29, 0.717) is 0 Å². The Morgan fingerprint density at radius 2 is 0.862 bits per heavy atom. The van der Waals surface area contributed by atoms with Crippen LogP contribution in [-0.4, -0.2) is 23.6 Å².